The van der Waals surface area contributed by atoms with Crippen molar-refractivity contribution >= 4 is 11.8 Å². The number of carbonyl (C=O) groups is 2. The first-order valence-electron chi connectivity index (χ1n) is 10.6. The lowest BCUT2D eigenvalue weighted by Crippen LogP contribution is -2.47. The first-order valence-corrected chi connectivity index (χ1v) is 10.6. The lowest BCUT2D eigenvalue weighted by Gasteiger charge is -2.29. The van der Waals surface area contributed by atoms with E-state index < -0.39 is 6.04 Å². The lowest BCUT2D eigenvalue weighted by molar-refractivity contribution is -0.140. The number of aryl methyl sites for hydroxylation is 3. The molecule has 0 saturated heterocycles. The lowest BCUT2D eigenvalue weighted by atomic mass is 10.1. The van der Waals surface area contributed by atoms with Crippen molar-refractivity contribution < 1.29 is 9.59 Å². The SMILES string of the molecule is CCCCNC(=O)[C@@H](C)N(Cc1ccc(C)cc1)C(=O)CCc1ccc(C)cc1. The van der Waals surface area contributed by atoms with E-state index in [0.29, 0.717) is 25.9 Å². The molecule has 2 aromatic rings. The second-order valence-electron chi connectivity index (χ2n) is 7.81. The number of carbonyl (C=O) groups excluding carboxylic acids is 2. The summed E-state index contributed by atoms with van der Waals surface area (Å²) in [5.41, 5.74) is 4.56. The van der Waals surface area contributed by atoms with Crippen LogP contribution in [-0.4, -0.2) is 29.3 Å². The zero-order valence-electron chi connectivity index (χ0n) is 18.2. The van der Waals surface area contributed by atoms with Crippen LogP contribution in [0.25, 0.3) is 0 Å². The van der Waals surface area contributed by atoms with Gasteiger partial charge in [0.2, 0.25) is 11.8 Å². The summed E-state index contributed by atoms with van der Waals surface area (Å²) < 4.78 is 0. The second-order valence-corrected chi connectivity index (χ2v) is 7.81. The fraction of sp³-hybridized carbons (Fsp3) is 0.440. The number of amides is 2. The Hall–Kier alpha value is -2.62. The van der Waals surface area contributed by atoms with Gasteiger partial charge in [0.1, 0.15) is 6.04 Å². The predicted molar refractivity (Wildman–Crippen MR) is 119 cm³/mol. The van der Waals surface area contributed by atoms with Gasteiger partial charge in [0.05, 0.1) is 0 Å². The summed E-state index contributed by atoms with van der Waals surface area (Å²) >= 11 is 0. The molecule has 0 unspecified atom stereocenters. The van der Waals surface area contributed by atoms with Gasteiger partial charge in [0.15, 0.2) is 0 Å². The number of nitrogens with zero attached hydrogens (tertiary/aromatic N) is 1. The van der Waals surface area contributed by atoms with Crippen LogP contribution in [0.1, 0.15) is 55.4 Å². The minimum absolute atomic E-state index is 0.00397. The molecule has 0 fully saturated rings. The van der Waals surface area contributed by atoms with Gasteiger partial charge in [0.25, 0.3) is 0 Å². The van der Waals surface area contributed by atoms with Gasteiger partial charge in [-0.3, -0.25) is 9.59 Å². The molecule has 0 aliphatic carbocycles. The van der Waals surface area contributed by atoms with Crippen molar-refractivity contribution in [3.05, 3.63) is 70.8 Å². The molecular formula is C25H34N2O2. The van der Waals surface area contributed by atoms with Crippen LogP contribution in [0.4, 0.5) is 0 Å². The van der Waals surface area contributed by atoms with Crippen LogP contribution in [0.5, 0.6) is 0 Å². The summed E-state index contributed by atoms with van der Waals surface area (Å²) in [6.07, 6.45) is 3.03. The van der Waals surface area contributed by atoms with E-state index in [4.69, 9.17) is 0 Å². The molecule has 0 radical (unpaired) electrons. The molecule has 29 heavy (non-hydrogen) atoms. The van der Waals surface area contributed by atoms with Gasteiger partial charge in [-0.15, -0.1) is 0 Å². The Bertz CT molecular complexity index is 781. The Labute approximate surface area is 175 Å². The van der Waals surface area contributed by atoms with Gasteiger partial charge in [-0.1, -0.05) is 73.0 Å². The molecule has 2 amide bonds. The van der Waals surface area contributed by atoms with E-state index >= 15 is 0 Å². The average molecular weight is 395 g/mol. The van der Waals surface area contributed by atoms with E-state index in [0.717, 1.165) is 24.0 Å². The third kappa shape index (κ3) is 7.37. The molecule has 0 heterocycles. The first-order chi connectivity index (χ1) is 13.9. The fourth-order valence-electron chi connectivity index (χ4n) is 3.16. The molecule has 2 aromatic carbocycles. The highest BCUT2D eigenvalue weighted by Gasteiger charge is 2.25. The molecule has 1 N–H and O–H groups in total. The standard InChI is InChI=1S/C25H34N2O2/c1-5-6-17-26-25(29)21(4)27(18-23-13-9-20(3)10-14-23)24(28)16-15-22-11-7-19(2)8-12-22/h7-14,21H,5-6,15-18H2,1-4H3,(H,26,29)/t21-/m1/s1. The molecule has 0 aliphatic rings. The monoisotopic (exact) mass is 394 g/mol. The second kappa shape index (κ2) is 11.4. The highest BCUT2D eigenvalue weighted by Crippen LogP contribution is 2.14. The van der Waals surface area contributed by atoms with Gasteiger partial charge < -0.3 is 10.2 Å². The number of benzene rings is 2. The summed E-state index contributed by atoms with van der Waals surface area (Å²) in [7, 11) is 0. The van der Waals surface area contributed by atoms with E-state index in [1.165, 1.54) is 11.1 Å². The van der Waals surface area contributed by atoms with Gasteiger partial charge in [0, 0.05) is 19.5 Å². The smallest absolute Gasteiger partial charge is 0.242 e. The van der Waals surface area contributed by atoms with Gasteiger partial charge in [-0.05, 0) is 44.7 Å². The average Bonchev–Trinajstić information content (AvgIpc) is 2.72. The molecule has 4 nitrogen and oxygen atoms in total. The number of hydrogen-bond acceptors (Lipinski definition) is 2. The third-order valence-electron chi connectivity index (χ3n) is 5.22. The minimum atomic E-state index is -0.501. The van der Waals surface area contributed by atoms with Crippen molar-refractivity contribution in [3.63, 3.8) is 0 Å². The van der Waals surface area contributed by atoms with Crippen LogP contribution in [0.3, 0.4) is 0 Å². The van der Waals surface area contributed by atoms with Crippen LogP contribution in [0.2, 0.25) is 0 Å². The van der Waals surface area contributed by atoms with E-state index in [1.54, 1.807) is 4.90 Å². The zero-order chi connectivity index (χ0) is 21.2. The van der Waals surface area contributed by atoms with E-state index in [1.807, 2.05) is 38.1 Å². The third-order valence-corrected chi connectivity index (χ3v) is 5.22. The van der Waals surface area contributed by atoms with E-state index in [2.05, 4.69) is 43.4 Å². The number of nitrogens with one attached hydrogen (secondary N) is 1. The van der Waals surface area contributed by atoms with Gasteiger partial charge in [-0.25, -0.2) is 0 Å². The topological polar surface area (TPSA) is 49.4 Å². The van der Waals surface area contributed by atoms with E-state index in [9.17, 15) is 9.59 Å². The van der Waals surface area contributed by atoms with E-state index in [-0.39, 0.29) is 11.8 Å². The Morgan fingerprint density at radius 3 is 2.03 bits per heavy atom. The zero-order valence-corrected chi connectivity index (χ0v) is 18.2. The molecule has 0 spiro atoms. The molecule has 0 bridgehead atoms. The number of hydrogen-bond donors (Lipinski definition) is 1. The van der Waals surface area contributed by atoms with Crippen molar-refractivity contribution in [1.29, 1.82) is 0 Å². The molecule has 156 valence electrons. The van der Waals surface area contributed by atoms with Crippen LogP contribution >= 0.6 is 0 Å². The van der Waals surface area contributed by atoms with Crippen molar-refractivity contribution in [3.8, 4) is 0 Å². The maximum atomic E-state index is 13.1. The van der Waals surface area contributed by atoms with Crippen molar-refractivity contribution in [2.45, 2.75) is 66.0 Å². The summed E-state index contributed by atoms with van der Waals surface area (Å²) in [6, 6.07) is 15.9. The van der Waals surface area contributed by atoms with Gasteiger partial charge in [-0.2, -0.15) is 0 Å². The predicted octanol–water partition coefficient (Wildman–Crippen LogP) is 4.57. The molecular weight excluding hydrogens is 360 g/mol. The Balaban J connectivity index is 2.08. The minimum Gasteiger partial charge on any atom is -0.354 e. The van der Waals surface area contributed by atoms with Crippen LogP contribution in [-0.2, 0) is 22.6 Å². The molecule has 0 aliphatic heterocycles. The largest absolute Gasteiger partial charge is 0.354 e. The normalized spacial score (nSPS) is 11.7. The molecule has 0 saturated carbocycles. The quantitative estimate of drug-likeness (QED) is 0.600. The summed E-state index contributed by atoms with van der Waals surface area (Å²) in [5.74, 6) is -0.0847. The number of unbranched alkanes of at least 4 members (excludes halogenated alkanes) is 1. The van der Waals surface area contributed by atoms with Crippen LogP contribution < -0.4 is 5.32 Å². The molecule has 0 aromatic heterocycles. The van der Waals surface area contributed by atoms with Crippen LogP contribution in [0.15, 0.2) is 48.5 Å². The van der Waals surface area contributed by atoms with Crippen molar-refractivity contribution in [2.75, 3.05) is 6.54 Å². The highest BCUT2D eigenvalue weighted by molar-refractivity contribution is 5.87. The van der Waals surface area contributed by atoms with Crippen molar-refractivity contribution in [2.24, 2.45) is 0 Å². The summed E-state index contributed by atoms with van der Waals surface area (Å²) in [6.45, 7) is 9.09. The maximum Gasteiger partial charge on any atom is 0.242 e. The molecule has 1 atom stereocenters. The Kier molecular flexibility index (Phi) is 8.91. The number of rotatable bonds is 10. The molecule has 2 rings (SSSR count). The summed E-state index contributed by atoms with van der Waals surface area (Å²) in [4.78, 5) is 27.4. The Morgan fingerprint density at radius 1 is 0.931 bits per heavy atom. The van der Waals surface area contributed by atoms with Gasteiger partial charge >= 0.3 is 0 Å². The maximum absolute atomic E-state index is 13.1. The molecule has 4 heteroatoms. The highest BCUT2D eigenvalue weighted by atomic mass is 16.2. The Morgan fingerprint density at radius 2 is 1.48 bits per heavy atom. The van der Waals surface area contributed by atoms with Crippen LogP contribution in [0, 0.1) is 13.8 Å². The fourth-order valence-corrected chi connectivity index (χ4v) is 3.16. The van der Waals surface area contributed by atoms with Crippen molar-refractivity contribution in [1.82, 2.24) is 10.2 Å². The first kappa shape index (κ1) is 22.7. The summed E-state index contributed by atoms with van der Waals surface area (Å²) in [5, 5.41) is 2.96.